The van der Waals surface area contributed by atoms with E-state index < -0.39 is 41.1 Å². The predicted molar refractivity (Wildman–Crippen MR) is 194 cm³/mol. The van der Waals surface area contributed by atoms with Crippen LogP contribution in [0.1, 0.15) is 116 Å². The molecule has 1 aliphatic rings. The molecule has 1 aromatic carbocycles. The van der Waals surface area contributed by atoms with Crippen LogP contribution in [0.25, 0.3) is 0 Å². The van der Waals surface area contributed by atoms with Gasteiger partial charge in [0.15, 0.2) is 11.4 Å². The number of aliphatic carboxylic acids is 1. The van der Waals surface area contributed by atoms with Crippen molar-refractivity contribution in [3.05, 3.63) is 42.0 Å². The third-order valence-electron chi connectivity index (χ3n) is 9.35. The van der Waals surface area contributed by atoms with Crippen molar-refractivity contribution in [1.82, 2.24) is 10.6 Å². The van der Waals surface area contributed by atoms with Crippen molar-refractivity contribution < 1.29 is 43.5 Å². The smallest absolute Gasteiger partial charge is 0.336 e. The van der Waals surface area contributed by atoms with Crippen LogP contribution < -0.4 is 15.4 Å². The molecule has 0 spiro atoms. The number of amides is 2. The number of carbonyl (C=O) groups is 3. The summed E-state index contributed by atoms with van der Waals surface area (Å²) in [4.78, 5) is 39.0. The van der Waals surface area contributed by atoms with Crippen molar-refractivity contribution in [2.75, 3.05) is 40.6 Å². The average Bonchev–Trinajstić information content (AvgIpc) is 3.58. The van der Waals surface area contributed by atoms with Crippen molar-refractivity contribution in [1.29, 1.82) is 0 Å². The van der Waals surface area contributed by atoms with Crippen molar-refractivity contribution >= 4 is 17.8 Å². The summed E-state index contributed by atoms with van der Waals surface area (Å²) in [7, 11) is 2.87. The van der Waals surface area contributed by atoms with E-state index in [9.17, 15) is 24.6 Å². The van der Waals surface area contributed by atoms with Gasteiger partial charge in [0.1, 0.15) is 11.8 Å². The van der Waals surface area contributed by atoms with E-state index in [4.69, 9.17) is 18.9 Å². The monoisotopic (exact) mass is 704 g/mol. The molecule has 0 saturated carbocycles. The summed E-state index contributed by atoms with van der Waals surface area (Å²) in [6.45, 7) is 6.14. The molecule has 1 heterocycles. The quantitative estimate of drug-likeness (QED) is 0.0598. The Morgan fingerprint density at radius 1 is 0.900 bits per heavy atom. The van der Waals surface area contributed by atoms with Crippen LogP contribution in [-0.2, 0) is 35.0 Å². The number of hydrogen-bond donors (Lipinski definition) is 4. The number of allylic oxidation sites excluding steroid dienone is 1. The molecule has 2 amide bonds. The molecule has 0 aliphatic carbocycles. The number of carboxylic acids is 1. The highest BCUT2D eigenvalue weighted by atomic mass is 16.7. The number of hydrogen-bond acceptors (Lipinski definition) is 8. The molecule has 1 aromatic rings. The molecule has 50 heavy (non-hydrogen) atoms. The molecule has 2 rings (SSSR count). The number of ether oxygens (including phenoxy) is 4. The van der Waals surface area contributed by atoms with Gasteiger partial charge in [-0.1, -0.05) is 83.1 Å². The number of methoxy groups -OCH3 is 1. The van der Waals surface area contributed by atoms with Crippen LogP contribution in [-0.4, -0.2) is 86.0 Å². The number of nitrogens with one attached hydrogen (secondary N) is 2. The van der Waals surface area contributed by atoms with Crippen LogP contribution in [0.3, 0.4) is 0 Å². The zero-order valence-electron chi connectivity index (χ0n) is 31.0. The average molecular weight is 705 g/mol. The maximum atomic E-state index is 13.7. The van der Waals surface area contributed by atoms with E-state index in [1.807, 2.05) is 24.3 Å². The van der Waals surface area contributed by atoms with Gasteiger partial charge in [-0.25, -0.2) is 4.79 Å². The number of aliphatic hydroxyl groups is 1. The van der Waals surface area contributed by atoms with Gasteiger partial charge >= 0.3 is 5.97 Å². The number of likely N-dealkylation sites (N-methyl/N-ethyl adjacent to an activating group) is 1. The van der Waals surface area contributed by atoms with Crippen LogP contribution in [0.2, 0.25) is 0 Å². The van der Waals surface area contributed by atoms with Crippen molar-refractivity contribution in [3.8, 4) is 5.75 Å². The van der Waals surface area contributed by atoms with Gasteiger partial charge in [0, 0.05) is 46.4 Å². The molecule has 4 N–H and O–H groups in total. The van der Waals surface area contributed by atoms with E-state index in [1.54, 1.807) is 6.08 Å². The van der Waals surface area contributed by atoms with Crippen LogP contribution in [0.4, 0.5) is 0 Å². The fourth-order valence-electron chi connectivity index (χ4n) is 6.20. The first kappa shape index (κ1) is 43.2. The molecule has 11 nitrogen and oxygen atoms in total. The molecule has 0 radical (unpaired) electrons. The third kappa shape index (κ3) is 15.1. The maximum absolute atomic E-state index is 13.7. The summed E-state index contributed by atoms with van der Waals surface area (Å²) in [5.41, 5.74) is -1.65. The lowest BCUT2D eigenvalue weighted by Gasteiger charge is -2.31. The van der Waals surface area contributed by atoms with E-state index in [1.165, 1.54) is 45.9 Å². The van der Waals surface area contributed by atoms with E-state index in [0.29, 0.717) is 32.0 Å². The summed E-state index contributed by atoms with van der Waals surface area (Å²) in [5.74, 6) is -3.92. The Morgan fingerprint density at radius 3 is 2.10 bits per heavy atom. The van der Waals surface area contributed by atoms with Crippen molar-refractivity contribution in [3.63, 3.8) is 0 Å². The van der Waals surface area contributed by atoms with Gasteiger partial charge in [-0.15, -0.1) is 0 Å². The van der Waals surface area contributed by atoms with Crippen molar-refractivity contribution in [2.45, 2.75) is 134 Å². The molecule has 3 atom stereocenters. The standard InChI is InChI=1S/C39H64N2O9/c1-5-7-9-13-16-23-38(49-28-29-50-38)24-17-14-11-10-12-15-18-33(39(46,37(44)45)25-27-47-4)35(42)41-34(36(43)40-3)30-31-19-21-32(22-20-31)48-26-8-6-2/h15,18-22,33-34,46H,5-14,16-17,23-30H2,1-4H3,(H,40,43)(H,41,42)(H,44,45)/b18-15+/t33-,34+,39+/m1/s1. The molecule has 1 saturated heterocycles. The van der Waals surface area contributed by atoms with E-state index in [-0.39, 0.29) is 19.4 Å². The Morgan fingerprint density at radius 2 is 1.52 bits per heavy atom. The lowest BCUT2D eigenvalue weighted by atomic mass is 9.83. The molecule has 11 heteroatoms. The first-order chi connectivity index (χ1) is 24.1. The van der Waals surface area contributed by atoms with Crippen LogP contribution in [0, 0.1) is 5.92 Å². The minimum Gasteiger partial charge on any atom is -0.494 e. The Labute approximate surface area is 299 Å². The normalized spacial score (nSPS) is 16.5. The minimum absolute atomic E-state index is 0.0698. The van der Waals surface area contributed by atoms with Gasteiger partial charge < -0.3 is 39.8 Å². The van der Waals surface area contributed by atoms with E-state index in [2.05, 4.69) is 24.5 Å². The number of unbranched alkanes of at least 4 members (excludes halogenated alkanes) is 9. The lowest BCUT2D eigenvalue weighted by Crippen LogP contribution is -2.56. The van der Waals surface area contributed by atoms with Gasteiger partial charge in [-0.2, -0.15) is 0 Å². The Balaban J connectivity index is 2.02. The van der Waals surface area contributed by atoms with Gasteiger partial charge in [-0.3, -0.25) is 9.59 Å². The number of carbonyl (C=O) groups excluding carboxylic acids is 2. The Hall–Kier alpha value is -2.99. The van der Waals surface area contributed by atoms with Crippen molar-refractivity contribution in [2.24, 2.45) is 5.92 Å². The molecule has 0 bridgehead atoms. The summed E-state index contributed by atoms with van der Waals surface area (Å²) >= 11 is 0. The highest BCUT2D eigenvalue weighted by Gasteiger charge is 2.47. The van der Waals surface area contributed by atoms with Crippen LogP contribution >= 0.6 is 0 Å². The summed E-state index contributed by atoms with van der Waals surface area (Å²) in [6, 6.07) is 6.29. The predicted octanol–water partition coefficient (Wildman–Crippen LogP) is 6.11. The highest BCUT2D eigenvalue weighted by Crippen LogP contribution is 2.32. The zero-order chi connectivity index (χ0) is 36.7. The van der Waals surface area contributed by atoms with E-state index >= 15 is 0 Å². The molecular formula is C39H64N2O9. The highest BCUT2D eigenvalue weighted by molar-refractivity contribution is 5.93. The van der Waals surface area contributed by atoms with Crippen LogP contribution in [0.15, 0.2) is 36.4 Å². The largest absolute Gasteiger partial charge is 0.494 e. The second-order valence-corrected chi connectivity index (χ2v) is 13.3. The fraction of sp³-hybridized carbons (Fsp3) is 0.718. The zero-order valence-corrected chi connectivity index (χ0v) is 31.0. The molecule has 284 valence electrons. The summed E-state index contributed by atoms with van der Waals surface area (Å²) in [6.07, 6.45) is 17.2. The SMILES string of the molecule is CCCCCCCC1(CCCCCC/C=C/[C@H](C(=O)N[C@@H](Cc2ccc(OCCCC)cc2)C(=O)NC)[C@@](O)(CCOC)C(=O)O)OCCO1. The number of benzene rings is 1. The Bertz CT molecular complexity index is 1140. The van der Waals surface area contributed by atoms with Gasteiger partial charge in [-0.05, 0) is 49.8 Å². The molecular weight excluding hydrogens is 640 g/mol. The minimum atomic E-state index is -2.44. The second kappa shape index (κ2) is 24.2. The molecule has 0 unspecified atom stereocenters. The first-order valence-corrected chi connectivity index (χ1v) is 18.8. The second-order valence-electron chi connectivity index (χ2n) is 13.3. The van der Waals surface area contributed by atoms with E-state index in [0.717, 1.165) is 63.4 Å². The van der Waals surface area contributed by atoms with Crippen LogP contribution in [0.5, 0.6) is 5.75 Å². The summed E-state index contributed by atoms with van der Waals surface area (Å²) < 4.78 is 22.9. The fourth-order valence-corrected chi connectivity index (χ4v) is 6.20. The van der Waals surface area contributed by atoms with Gasteiger partial charge in [0.2, 0.25) is 11.8 Å². The van der Waals surface area contributed by atoms with Gasteiger partial charge in [0.05, 0.1) is 25.7 Å². The number of carboxylic acid groups (broad SMARTS) is 1. The molecule has 0 aromatic heterocycles. The molecule has 1 fully saturated rings. The molecule has 1 aliphatic heterocycles. The summed E-state index contributed by atoms with van der Waals surface area (Å²) in [5, 5.41) is 26.7. The lowest BCUT2D eigenvalue weighted by molar-refractivity contribution is -0.169. The number of rotatable bonds is 28. The topological polar surface area (TPSA) is 153 Å². The Kier molecular flexibility index (Phi) is 20.9. The third-order valence-corrected chi connectivity index (χ3v) is 9.35. The van der Waals surface area contributed by atoms with Gasteiger partial charge in [0.25, 0.3) is 0 Å². The maximum Gasteiger partial charge on any atom is 0.336 e. The first-order valence-electron chi connectivity index (χ1n) is 18.8.